The molecule has 0 saturated carbocycles. The average molecular weight is 314 g/mol. The Labute approximate surface area is 134 Å². The normalized spacial score (nSPS) is 10.4. The molecule has 5 heteroatoms. The van der Waals surface area contributed by atoms with Crippen LogP contribution in [0.25, 0.3) is 0 Å². The van der Waals surface area contributed by atoms with E-state index in [4.69, 9.17) is 0 Å². The molecule has 4 nitrogen and oxygen atoms in total. The average Bonchev–Trinajstić information content (AvgIpc) is 2.53. The molecule has 0 fully saturated rings. The fourth-order valence-electron chi connectivity index (χ4n) is 1.94. The number of nitrogens with one attached hydrogen (secondary N) is 2. The Morgan fingerprint density at radius 2 is 1.70 bits per heavy atom. The summed E-state index contributed by atoms with van der Waals surface area (Å²) in [5.41, 5.74) is 1.30. The molecule has 2 amide bonds. The van der Waals surface area contributed by atoms with Gasteiger partial charge in [-0.25, -0.2) is 4.39 Å². The minimum absolute atomic E-state index is 0.151. The number of halogens is 1. The third-order valence-corrected chi connectivity index (χ3v) is 3.16. The Kier molecular flexibility index (Phi) is 5.46. The summed E-state index contributed by atoms with van der Waals surface area (Å²) >= 11 is 0. The van der Waals surface area contributed by atoms with E-state index in [1.165, 1.54) is 24.3 Å². The van der Waals surface area contributed by atoms with Gasteiger partial charge in [-0.05, 0) is 48.4 Å². The molecule has 0 aromatic heterocycles. The lowest BCUT2D eigenvalue weighted by Gasteiger charge is -2.09. The Morgan fingerprint density at radius 3 is 2.30 bits per heavy atom. The Bertz CT molecular complexity index is 696. The number of carbonyl (C=O) groups is 2. The van der Waals surface area contributed by atoms with Crippen LogP contribution in [0.15, 0.2) is 48.5 Å². The second-order valence-electron chi connectivity index (χ2n) is 5.65. The molecule has 0 radical (unpaired) electrons. The molecule has 120 valence electrons. The predicted octanol–water partition coefficient (Wildman–Crippen LogP) is 3.46. The number of benzene rings is 2. The van der Waals surface area contributed by atoms with Gasteiger partial charge in [0.2, 0.25) is 0 Å². The quantitative estimate of drug-likeness (QED) is 0.888. The van der Waals surface area contributed by atoms with Crippen molar-refractivity contribution in [2.24, 2.45) is 5.92 Å². The molecule has 0 saturated heterocycles. The van der Waals surface area contributed by atoms with E-state index >= 15 is 0 Å². The topological polar surface area (TPSA) is 58.2 Å². The lowest BCUT2D eigenvalue weighted by atomic mass is 10.1. The zero-order valence-electron chi connectivity index (χ0n) is 13.1. The minimum Gasteiger partial charge on any atom is -0.352 e. The van der Waals surface area contributed by atoms with Crippen LogP contribution in [0.1, 0.15) is 34.6 Å². The van der Waals surface area contributed by atoms with E-state index < -0.39 is 11.7 Å². The van der Waals surface area contributed by atoms with Gasteiger partial charge in [0.15, 0.2) is 0 Å². The number of anilines is 1. The summed E-state index contributed by atoms with van der Waals surface area (Å²) in [7, 11) is 0. The van der Waals surface area contributed by atoms with Crippen LogP contribution >= 0.6 is 0 Å². The van der Waals surface area contributed by atoms with Crippen LogP contribution < -0.4 is 10.6 Å². The van der Waals surface area contributed by atoms with Crippen molar-refractivity contribution in [1.29, 1.82) is 0 Å². The van der Waals surface area contributed by atoms with Gasteiger partial charge in [0.25, 0.3) is 11.8 Å². The van der Waals surface area contributed by atoms with E-state index in [1.807, 2.05) is 13.8 Å². The molecule has 23 heavy (non-hydrogen) atoms. The van der Waals surface area contributed by atoms with Crippen molar-refractivity contribution in [2.45, 2.75) is 13.8 Å². The summed E-state index contributed by atoms with van der Waals surface area (Å²) in [6, 6.07) is 12.0. The summed E-state index contributed by atoms with van der Waals surface area (Å²) in [4.78, 5) is 23.9. The van der Waals surface area contributed by atoms with Crippen molar-refractivity contribution >= 4 is 17.5 Å². The summed E-state index contributed by atoms with van der Waals surface area (Å²) in [5.74, 6) is -0.637. The summed E-state index contributed by atoms with van der Waals surface area (Å²) in [5, 5.41) is 5.49. The van der Waals surface area contributed by atoms with Crippen LogP contribution in [-0.2, 0) is 0 Å². The zero-order chi connectivity index (χ0) is 16.8. The molecule has 0 aliphatic heterocycles. The molecule has 2 N–H and O–H groups in total. The van der Waals surface area contributed by atoms with E-state index in [1.54, 1.807) is 24.3 Å². The van der Waals surface area contributed by atoms with E-state index in [0.29, 0.717) is 23.7 Å². The van der Waals surface area contributed by atoms with Crippen LogP contribution in [0.2, 0.25) is 0 Å². The Morgan fingerprint density at radius 1 is 1.00 bits per heavy atom. The first-order valence-electron chi connectivity index (χ1n) is 7.41. The third-order valence-electron chi connectivity index (χ3n) is 3.16. The fourth-order valence-corrected chi connectivity index (χ4v) is 1.94. The van der Waals surface area contributed by atoms with Gasteiger partial charge in [-0.1, -0.05) is 19.9 Å². The van der Waals surface area contributed by atoms with Gasteiger partial charge >= 0.3 is 0 Å². The van der Waals surface area contributed by atoms with Gasteiger partial charge in [0.05, 0.1) is 0 Å². The number of carbonyl (C=O) groups excluding carboxylic acids is 2. The van der Waals surface area contributed by atoms with Gasteiger partial charge in [0.1, 0.15) is 5.82 Å². The second-order valence-corrected chi connectivity index (χ2v) is 5.65. The molecule has 0 atom stereocenters. The highest BCUT2D eigenvalue weighted by Crippen LogP contribution is 2.12. The summed E-state index contributed by atoms with van der Waals surface area (Å²) in [6.07, 6.45) is 0. The number of hydrogen-bond donors (Lipinski definition) is 2. The van der Waals surface area contributed by atoms with Gasteiger partial charge in [0, 0.05) is 23.4 Å². The van der Waals surface area contributed by atoms with Gasteiger partial charge < -0.3 is 10.6 Å². The molecule has 0 spiro atoms. The molecule has 0 aliphatic rings. The van der Waals surface area contributed by atoms with Crippen molar-refractivity contribution in [3.63, 3.8) is 0 Å². The molecule has 0 unspecified atom stereocenters. The number of hydrogen-bond acceptors (Lipinski definition) is 2. The second kappa shape index (κ2) is 7.54. The highest BCUT2D eigenvalue weighted by atomic mass is 19.1. The van der Waals surface area contributed by atoms with E-state index in [9.17, 15) is 14.0 Å². The van der Waals surface area contributed by atoms with Crippen molar-refractivity contribution in [3.05, 3.63) is 65.5 Å². The fraction of sp³-hybridized carbons (Fsp3) is 0.222. The van der Waals surface area contributed by atoms with Crippen LogP contribution in [0.3, 0.4) is 0 Å². The predicted molar refractivity (Wildman–Crippen MR) is 88.0 cm³/mol. The molecule has 2 aromatic rings. The monoisotopic (exact) mass is 314 g/mol. The highest BCUT2D eigenvalue weighted by molar-refractivity contribution is 6.04. The largest absolute Gasteiger partial charge is 0.352 e. The number of rotatable bonds is 5. The Balaban J connectivity index is 1.99. The summed E-state index contributed by atoms with van der Waals surface area (Å²) in [6.45, 7) is 4.65. The van der Waals surface area contributed by atoms with Crippen molar-refractivity contribution < 1.29 is 14.0 Å². The highest BCUT2D eigenvalue weighted by Gasteiger charge is 2.09. The maximum atomic E-state index is 13.1. The van der Waals surface area contributed by atoms with Crippen molar-refractivity contribution in [2.75, 3.05) is 11.9 Å². The number of amides is 2. The molecule has 0 heterocycles. The van der Waals surface area contributed by atoms with Crippen molar-refractivity contribution in [1.82, 2.24) is 5.32 Å². The van der Waals surface area contributed by atoms with Crippen LogP contribution in [-0.4, -0.2) is 18.4 Å². The third kappa shape index (κ3) is 4.92. The molecule has 0 aliphatic carbocycles. The van der Waals surface area contributed by atoms with E-state index in [0.717, 1.165) is 0 Å². The molecule has 2 aromatic carbocycles. The Hall–Kier alpha value is -2.69. The zero-order valence-corrected chi connectivity index (χ0v) is 13.1. The van der Waals surface area contributed by atoms with Crippen molar-refractivity contribution in [3.8, 4) is 0 Å². The molecular weight excluding hydrogens is 295 g/mol. The first kappa shape index (κ1) is 16.7. The SMILES string of the molecule is CC(C)CNC(=O)c1ccc(NC(=O)c2cccc(F)c2)cc1. The minimum atomic E-state index is -0.463. The maximum Gasteiger partial charge on any atom is 0.255 e. The lowest BCUT2D eigenvalue weighted by molar-refractivity contribution is 0.0948. The molecule has 2 rings (SSSR count). The van der Waals surface area contributed by atoms with E-state index in [-0.39, 0.29) is 11.5 Å². The summed E-state index contributed by atoms with van der Waals surface area (Å²) < 4.78 is 13.1. The first-order chi connectivity index (χ1) is 11.0. The maximum absolute atomic E-state index is 13.1. The van der Waals surface area contributed by atoms with Crippen LogP contribution in [0.5, 0.6) is 0 Å². The standard InChI is InChI=1S/C18H19FN2O2/c1-12(2)11-20-17(22)13-6-8-16(9-7-13)21-18(23)14-4-3-5-15(19)10-14/h3-10,12H,11H2,1-2H3,(H,20,22)(H,21,23). The van der Waals surface area contributed by atoms with Gasteiger partial charge in [-0.3, -0.25) is 9.59 Å². The first-order valence-corrected chi connectivity index (χ1v) is 7.41. The molecular formula is C18H19FN2O2. The smallest absolute Gasteiger partial charge is 0.255 e. The van der Waals surface area contributed by atoms with Crippen LogP contribution in [0, 0.1) is 11.7 Å². The van der Waals surface area contributed by atoms with Gasteiger partial charge in [-0.15, -0.1) is 0 Å². The lowest BCUT2D eigenvalue weighted by Crippen LogP contribution is -2.27. The van der Waals surface area contributed by atoms with E-state index in [2.05, 4.69) is 10.6 Å². The van der Waals surface area contributed by atoms with Crippen LogP contribution in [0.4, 0.5) is 10.1 Å². The molecule has 0 bridgehead atoms. The van der Waals surface area contributed by atoms with Gasteiger partial charge in [-0.2, -0.15) is 0 Å².